The minimum absolute atomic E-state index is 0.0830. The highest BCUT2D eigenvalue weighted by atomic mass is 16.5. The van der Waals surface area contributed by atoms with Gasteiger partial charge in [0.05, 0.1) is 12.5 Å². The highest BCUT2D eigenvalue weighted by Gasteiger charge is 2.58. The number of hydrogen-bond donors (Lipinski definition) is 2. The molecule has 0 unspecified atom stereocenters. The summed E-state index contributed by atoms with van der Waals surface area (Å²) in [6.45, 7) is 0. The van der Waals surface area contributed by atoms with Gasteiger partial charge >= 0.3 is 5.97 Å². The van der Waals surface area contributed by atoms with Crippen LogP contribution < -0.4 is 5.32 Å². The molecule has 3 aliphatic carbocycles. The van der Waals surface area contributed by atoms with Gasteiger partial charge in [0.1, 0.15) is 6.04 Å². The lowest BCUT2D eigenvalue weighted by Crippen LogP contribution is -2.53. The van der Waals surface area contributed by atoms with Crippen LogP contribution in [-0.4, -0.2) is 30.0 Å². The quantitative estimate of drug-likeness (QED) is 0.779. The minimum atomic E-state index is -0.648. The molecule has 0 radical (unpaired) electrons. The van der Waals surface area contributed by atoms with Gasteiger partial charge in [0, 0.05) is 23.5 Å². The smallest absolute Gasteiger partial charge is 0.328 e. The number of nitrogens with one attached hydrogen (secondary N) is 2. The summed E-state index contributed by atoms with van der Waals surface area (Å²) in [5, 5.41) is 4.20. The molecule has 1 aromatic heterocycles. The first kappa shape index (κ1) is 17.8. The fraction of sp³-hybridized carbons (Fsp3) is 0.565. The van der Waals surface area contributed by atoms with E-state index < -0.39 is 6.04 Å². The summed E-state index contributed by atoms with van der Waals surface area (Å²) in [6, 6.07) is 7.38. The number of ether oxygens (including phenoxy) is 1. The third-order valence-corrected chi connectivity index (χ3v) is 7.64. The largest absolute Gasteiger partial charge is 0.467 e. The molecule has 3 saturated carbocycles. The van der Waals surface area contributed by atoms with Crippen molar-refractivity contribution in [2.45, 2.75) is 51.0 Å². The van der Waals surface area contributed by atoms with Crippen molar-refractivity contribution in [3.63, 3.8) is 0 Å². The molecule has 2 N–H and O–H groups in total. The Morgan fingerprint density at radius 2 is 2.04 bits per heavy atom. The van der Waals surface area contributed by atoms with Crippen molar-refractivity contribution >= 4 is 22.8 Å². The van der Waals surface area contributed by atoms with Gasteiger partial charge in [-0.15, -0.1) is 0 Å². The number of carbonyl (C=O) groups excluding carboxylic acids is 2. The number of para-hydroxylation sites is 1. The van der Waals surface area contributed by atoms with Crippen LogP contribution in [0.1, 0.15) is 44.1 Å². The number of benzene rings is 1. The zero-order valence-corrected chi connectivity index (χ0v) is 16.4. The van der Waals surface area contributed by atoms with E-state index in [0.29, 0.717) is 24.2 Å². The number of methoxy groups -OCH3 is 1. The van der Waals surface area contributed by atoms with E-state index in [9.17, 15) is 9.59 Å². The first-order valence-corrected chi connectivity index (χ1v) is 10.5. The molecule has 5 rings (SSSR count). The van der Waals surface area contributed by atoms with E-state index in [2.05, 4.69) is 10.3 Å². The highest BCUT2D eigenvalue weighted by molar-refractivity contribution is 5.90. The molecule has 1 heterocycles. The predicted molar refractivity (Wildman–Crippen MR) is 107 cm³/mol. The summed E-state index contributed by atoms with van der Waals surface area (Å²) in [6.07, 6.45) is 9.29. The molecule has 2 aromatic rings. The van der Waals surface area contributed by atoms with Crippen LogP contribution in [0.2, 0.25) is 0 Å². The molecule has 3 bridgehead atoms. The van der Waals surface area contributed by atoms with Gasteiger partial charge < -0.3 is 15.0 Å². The second kappa shape index (κ2) is 6.64. The fourth-order valence-corrected chi connectivity index (χ4v) is 6.47. The van der Waals surface area contributed by atoms with E-state index in [1.807, 2.05) is 30.5 Å². The topological polar surface area (TPSA) is 71.2 Å². The molecular weight excluding hydrogens is 352 g/mol. The van der Waals surface area contributed by atoms with Gasteiger partial charge in [0.25, 0.3) is 0 Å². The molecule has 5 nitrogen and oxygen atoms in total. The van der Waals surface area contributed by atoms with Crippen molar-refractivity contribution in [3.8, 4) is 0 Å². The summed E-state index contributed by atoms with van der Waals surface area (Å²) in [4.78, 5) is 29.2. The Hall–Kier alpha value is -2.30. The summed E-state index contributed by atoms with van der Waals surface area (Å²) >= 11 is 0. The average molecular weight is 380 g/mol. The Morgan fingerprint density at radius 1 is 1.21 bits per heavy atom. The van der Waals surface area contributed by atoms with Gasteiger partial charge in [-0.3, -0.25) is 4.79 Å². The monoisotopic (exact) mass is 380 g/mol. The Bertz CT molecular complexity index is 919. The zero-order chi connectivity index (χ0) is 19.3. The van der Waals surface area contributed by atoms with Crippen molar-refractivity contribution in [1.82, 2.24) is 10.3 Å². The first-order chi connectivity index (χ1) is 13.6. The number of rotatable bonds is 5. The van der Waals surface area contributed by atoms with Gasteiger partial charge in [-0.2, -0.15) is 0 Å². The van der Waals surface area contributed by atoms with Crippen LogP contribution in [0.15, 0.2) is 30.5 Å². The van der Waals surface area contributed by atoms with Gasteiger partial charge in [0.15, 0.2) is 0 Å². The number of aromatic amines is 1. The standard InChI is InChI=1S/C23H28N2O3/c1-28-21(26)20(10-16-13-24-19-5-3-2-4-18(16)19)25-22(27)23-11-14-6-7-17(23)9-15(8-14)12-23/h2-5,13-15,17,20,24H,6-12H2,1H3,(H,25,27)/t14-,15-,17+,20-,23+/m1/s1. The normalized spacial score (nSPS) is 31.7. The number of amides is 1. The van der Waals surface area contributed by atoms with Gasteiger partial charge in [-0.05, 0) is 61.5 Å². The molecule has 0 saturated heterocycles. The Labute approximate surface area is 165 Å². The fourth-order valence-electron chi connectivity index (χ4n) is 6.47. The molecule has 3 fully saturated rings. The Morgan fingerprint density at radius 3 is 2.89 bits per heavy atom. The van der Waals surface area contributed by atoms with Gasteiger partial charge in [0.2, 0.25) is 5.91 Å². The molecule has 5 heteroatoms. The van der Waals surface area contributed by atoms with Crippen molar-refractivity contribution in [3.05, 3.63) is 36.0 Å². The summed E-state index contributed by atoms with van der Waals surface area (Å²) in [7, 11) is 1.39. The first-order valence-electron chi connectivity index (χ1n) is 10.5. The maximum Gasteiger partial charge on any atom is 0.328 e. The van der Waals surface area contributed by atoms with E-state index in [1.165, 1.54) is 32.8 Å². The highest BCUT2D eigenvalue weighted by Crippen LogP contribution is 2.62. The van der Waals surface area contributed by atoms with Crippen LogP contribution in [0.4, 0.5) is 0 Å². The van der Waals surface area contributed by atoms with E-state index in [1.54, 1.807) is 0 Å². The number of H-pyrrole nitrogens is 1. The third kappa shape index (κ3) is 2.75. The van der Waals surface area contributed by atoms with Crippen LogP contribution in [0.5, 0.6) is 0 Å². The van der Waals surface area contributed by atoms with Crippen molar-refractivity contribution in [2.24, 2.45) is 23.2 Å². The lowest BCUT2D eigenvalue weighted by atomic mass is 9.61. The second-order valence-corrected chi connectivity index (χ2v) is 9.15. The zero-order valence-electron chi connectivity index (χ0n) is 16.4. The van der Waals surface area contributed by atoms with Crippen LogP contribution in [0.25, 0.3) is 10.9 Å². The molecule has 1 amide bonds. The van der Waals surface area contributed by atoms with Gasteiger partial charge in [-0.1, -0.05) is 24.6 Å². The average Bonchev–Trinajstić information content (AvgIpc) is 3.18. The number of aromatic nitrogens is 1. The molecule has 28 heavy (non-hydrogen) atoms. The molecule has 3 aliphatic rings. The molecule has 1 aromatic carbocycles. The summed E-state index contributed by atoms with van der Waals surface area (Å²) < 4.78 is 5.04. The maximum atomic E-state index is 13.5. The van der Waals surface area contributed by atoms with E-state index >= 15 is 0 Å². The molecule has 148 valence electrons. The predicted octanol–water partition coefficient (Wildman–Crippen LogP) is 3.58. The molecule has 5 atom stereocenters. The number of carbonyl (C=O) groups is 2. The van der Waals surface area contributed by atoms with E-state index in [4.69, 9.17) is 4.74 Å². The second-order valence-electron chi connectivity index (χ2n) is 9.15. The Balaban J connectivity index is 1.39. The van der Waals surface area contributed by atoms with Crippen molar-refractivity contribution in [2.75, 3.05) is 7.11 Å². The SMILES string of the molecule is COC(=O)[C@@H](Cc1c[nH]c2ccccc12)NC(=O)[C@]12C[C@@H]3CC[C@H]1C[C@@H](C3)C2. The summed E-state index contributed by atoms with van der Waals surface area (Å²) in [5.74, 6) is 1.59. The van der Waals surface area contributed by atoms with Crippen molar-refractivity contribution < 1.29 is 14.3 Å². The molecular formula is C23H28N2O3. The lowest BCUT2D eigenvalue weighted by Gasteiger charge is -2.44. The molecule has 0 aliphatic heterocycles. The van der Waals surface area contributed by atoms with Crippen LogP contribution >= 0.6 is 0 Å². The van der Waals surface area contributed by atoms with Gasteiger partial charge in [-0.25, -0.2) is 4.79 Å². The van der Waals surface area contributed by atoms with E-state index in [0.717, 1.165) is 29.3 Å². The maximum absolute atomic E-state index is 13.5. The number of hydrogen-bond acceptors (Lipinski definition) is 3. The molecule has 0 spiro atoms. The van der Waals surface area contributed by atoms with Crippen LogP contribution in [0.3, 0.4) is 0 Å². The third-order valence-electron chi connectivity index (χ3n) is 7.64. The van der Waals surface area contributed by atoms with Crippen LogP contribution in [-0.2, 0) is 20.7 Å². The minimum Gasteiger partial charge on any atom is -0.467 e. The van der Waals surface area contributed by atoms with Crippen molar-refractivity contribution in [1.29, 1.82) is 0 Å². The lowest BCUT2D eigenvalue weighted by molar-refractivity contribution is -0.148. The number of esters is 1. The summed E-state index contributed by atoms with van der Waals surface area (Å²) in [5.41, 5.74) is 1.81. The number of fused-ring (bicyclic) bond motifs is 3. The van der Waals surface area contributed by atoms with E-state index in [-0.39, 0.29) is 17.3 Å². The van der Waals surface area contributed by atoms with Crippen LogP contribution in [0, 0.1) is 23.2 Å². The Kier molecular flexibility index (Phi) is 4.22.